The smallest absolute Gasteiger partial charge is 0.309 e. The van der Waals surface area contributed by atoms with E-state index in [4.69, 9.17) is 9.63 Å². The Morgan fingerprint density at radius 2 is 2.26 bits per heavy atom. The number of hydrogen-bond donors (Lipinski definition) is 2. The van der Waals surface area contributed by atoms with Gasteiger partial charge in [-0.3, -0.25) is 9.59 Å². The first kappa shape index (κ1) is 11.5. The fourth-order valence-electron chi connectivity index (χ4n) is 2.07. The fourth-order valence-corrected chi connectivity index (χ4v) is 2.07. The van der Waals surface area contributed by atoms with E-state index in [-0.39, 0.29) is 12.3 Å². The molecular weight excluding hydrogens is 248 g/mol. The molecule has 96 valence electrons. The number of carboxylic acid groups (broad SMARTS) is 1. The number of carbonyl (C=O) groups excluding carboxylic acids is 1. The average molecular weight is 258 g/mol. The maximum Gasteiger partial charge on any atom is 0.309 e. The van der Waals surface area contributed by atoms with Crippen molar-refractivity contribution >= 4 is 17.6 Å². The molecule has 0 saturated carbocycles. The number of nitrogens with zero attached hydrogens (tertiary/aromatic N) is 1. The highest BCUT2D eigenvalue weighted by Crippen LogP contribution is 2.29. The zero-order chi connectivity index (χ0) is 13.4. The van der Waals surface area contributed by atoms with E-state index in [2.05, 4.69) is 10.5 Å². The Hall–Kier alpha value is -2.63. The second-order valence-electron chi connectivity index (χ2n) is 4.35. The number of nitrogens with one attached hydrogen (secondary N) is 1. The minimum absolute atomic E-state index is 0.0312. The molecule has 1 aromatic carbocycles. The molecule has 0 atom stereocenters. The third-order valence-corrected chi connectivity index (χ3v) is 2.91. The first-order valence-electron chi connectivity index (χ1n) is 5.72. The van der Waals surface area contributed by atoms with Crippen LogP contribution in [0, 0.1) is 0 Å². The molecule has 1 aliphatic rings. The van der Waals surface area contributed by atoms with Gasteiger partial charge in [-0.15, -0.1) is 0 Å². The van der Waals surface area contributed by atoms with Crippen LogP contribution < -0.4 is 5.32 Å². The lowest BCUT2D eigenvalue weighted by molar-refractivity contribution is -0.136. The summed E-state index contributed by atoms with van der Waals surface area (Å²) in [6.07, 6.45) is 0.174. The van der Waals surface area contributed by atoms with Crippen molar-refractivity contribution in [2.24, 2.45) is 0 Å². The lowest BCUT2D eigenvalue weighted by atomic mass is 10.1. The molecule has 1 amide bonds. The highest BCUT2D eigenvalue weighted by Gasteiger charge is 2.19. The van der Waals surface area contributed by atoms with E-state index < -0.39 is 5.97 Å². The summed E-state index contributed by atoms with van der Waals surface area (Å²) in [6, 6.07) is 7.04. The number of fused-ring (bicyclic) bond motifs is 1. The van der Waals surface area contributed by atoms with Crippen molar-refractivity contribution in [2.45, 2.75) is 12.8 Å². The van der Waals surface area contributed by atoms with Gasteiger partial charge in [-0.05, 0) is 23.8 Å². The molecule has 1 aromatic heterocycles. The third kappa shape index (κ3) is 2.20. The summed E-state index contributed by atoms with van der Waals surface area (Å²) in [5, 5.41) is 15.1. The van der Waals surface area contributed by atoms with Crippen LogP contribution in [-0.2, 0) is 22.4 Å². The van der Waals surface area contributed by atoms with Crippen LogP contribution >= 0.6 is 0 Å². The van der Waals surface area contributed by atoms with Crippen LogP contribution in [0.5, 0.6) is 0 Å². The van der Waals surface area contributed by atoms with Gasteiger partial charge in [-0.25, -0.2) is 0 Å². The summed E-state index contributed by atoms with van der Waals surface area (Å²) < 4.78 is 5.12. The van der Waals surface area contributed by atoms with E-state index in [9.17, 15) is 9.59 Å². The van der Waals surface area contributed by atoms with Crippen LogP contribution in [-0.4, -0.2) is 22.1 Å². The molecule has 6 heteroatoms. The number of carboxylic acids is 1. The van der Waals surface area contributed by atoms with E-state index in [0.717, 1.165) is 16.8 Å². The third-order valence-electron chi connectivity index (χ3n) is 2.91. The van der Waals surface area contributed by atoms with E-state index in [1.807, 2.05) is 6.07 Å². The molecule has 1 aliphatic heterocycles. The van der Waals surface area contributed by atoms with Gasteiger partial charge in [-0.2, -0.15) is 0 Å². The Labute approximate surface area is 108 Å². The predicted molar refractivity (Wildman–Crippen MR) is 65.6 cm³/mol. The van der Waals surface area contributed by atoms with Crippen LogP contribution in [0.2, 0.25) is 0 Å². The first-order chi connectivity index (χ1) is 9.11. The minimum atomic E-state index is -0.955. The largest absolute Gasteiger partial charge is 0.481 e. The highest BCUT2D eigenvalue weighted by molar-refractivity contribution is 5.99. The summed E-state index contributed by atoms with van der Waals surface area (Å²) >= 11 is 0. The van der Waals surface area contributed by atoms with Crippen molar-refractivity contribution in [3.8, 4) is 11.3 Å². The Bertz CT molecular complexity index is 675. The molecule has 0 spiro atoms. The maximum absolute atomic E-state index is 11.3. The van der Waals surface area contributed by atoms with Crippen LogP contribution in [0.15, 0.2) is 28.8 Å². The maximum atomic E-state index is 11.3. The van der Waals surface area contributed by atoms with Crippen LogP contribution in [0.3, 0.4) is 0 Å². The number of aliphatic carboxylic acids is 1. The topological polar surface area (TPSA) is 92.4 Å². The summed E-state index contributed by atoms with van der Waals surface area (Å²) in [5.74, 6) is -0.488. The molecule has 2 N–H and O–H groups in total. The van der Waals surface area contributed by atoms with Gasteiger partial charge in [0.25, 0.3) is 0 Å². The van der Waals surface area contributed by atoms with Gasteiger partial charge in [0.15, 0.2) is 5.76 Å². The number of carbonyl (C=O) groups is 2. The van der Waals surface area contributed by atoms with Gasteiger partial charge in [-0.1, -0.05) is 5.16 Å². The summed E-state index contributed by atoms with van der Waals surface area (Å²) in [4.78, 5) is 21.8. The molecule has 2 heterocycles. The SMILES string of the molecule is O=C(O)Cc1cc(-c2ccc3c(c2)CC(=O)N3)on1. The second-order valence-corrected chi connectivity index (χ2v) is 4.35. The quantitative estimate of drug-likeness (QED) is 0.869. The van der Waals surface area contributed by atoms with E-state index in [0.29, 0.717) is 17.9 Å². The van der Waals surface area contributed by atoms with Gasteiger partial charge >= 0.3 is 5.97 Å². The van der Waals surface area contributed by atoms with Crippen LogP contribution in [0.4, 0.5) is 5.69 Å². The number of amides is 1. The molecule has 3 rings (SSSR count). The van der Waals surface area contributed by atoms with Crippen molar-refractivity contribution in [3.63, 3.8) is 0 Å². The lowest BCUT2D eigenvalue weighted by Gasteiger charge is -2.00. The zero-order valence-corrected chi connectivity index (χ0v) is 9.84. The molecule has 0 bridgehead atoms. The molecule has 0 fully saturated rings. The number of hydrogen-bond acceptors (Lipinski definition) is 4. The average Bonchev–Trinajstić information content (AvgIpc) is 2.92. The first-order valence-corrected chi connectivity index (χ1v) is 5.72. The van der Waals surface area contributed by atoms with Crippen LogP contribution in [0.1, 0.15) is 11.3 Å². The molecular formula is C13H10N2O4. The molecule has 19 heavy (non-hydrogen) atoms. The Kier molecular flexibility index (Phi) is 2.56. The normalized spacial score (nSPS) is 13.2. The number of rotatable bonds is 3. The van der Waals surface area contributed by atoms with Gasteiger partial charge in [0.1, 0.15) is 0 Å². The van der Waals surface area contributed by atoms with E-state index in [1.54, 1.807) is 18.2 Å². The van der Waals surface area contributed by atoms with Crippen molar-refractivity contribution < 1.29 is 19.2 Å². The van der Waals surface area contributed by atoms with Gasteiger partial charge in [0.05, 0.1) is 18.5 Å². The lowest BCUT2D eigenvalue weighted by Crippen LogP contribution is -2.03. The minimum Gasteiger partial charge on any atom is -0.481 e. The van der Waals surface area contributed by atoms with Crippen molar-refractivity contribution in [2.75, 3.05) is 5.32 Å². The molecule has 0 saturated heterocycles. The van der Waals surface area contributed by atoms with Crippen molar-refractivity contribution in [3.05, 3.63) is 35.5 Å². The van der Waals surface area contributed by atoms with Gasteiger partial charge in [0.2, 0.25) is 5.91 Å². The number of benzene rings is 1. The van der Waals surface area contributed by atoms with Crippen molar-refractivity contribution in [1.82, 2.24) is 5.16 Å². The number of aromatic nitrogens is 1. The Morgan fingerprint density at radius 3 is 3.05 bits per heavy atom. The van der Waals surface area contributed by atoms with Crippen LogP contribution in [0.25, 0.3) is 11.3 Å². The molecule has 0 unspecified atom stereocenters. The molecule has 0 radical (unpaired) electrons. The standard InChI is InChI=1S/C13H10N2O4/c16-12-4-8-3-7(1-2-10(8)14-12)11-5-9(15-19-11)6-13(17)18/h1-3,5H,4,6H2,(H,14,16)(H,17,18). The summed E-state index contributed by atoms with van der Waals surface area (Å²) in [7, 11) is 0. The van der Waals surface area contributed by atoms with Crippen molar-refractivity contribution in [1.29, 1.82) is 0 Å². The van der Waals surface area contributed by atoms with Gasteiger partial charge < -0.3 is 14.9 Å². The summed E-state index contributed by atoms with van der Waals surface area (Å²) in [6.45, 7) is 0. The van der Waals surface area contributed by atoms with E-state index in [1.165, 1.54) is 0 Å². The predicted octanol–water partition coefficient (Wildman–Crippen LogP) is 1.46. The monoisotopic (exact) mass is 258 g/mol. The summed E-state index contributed by atoms with van der Waals surface area (Å²) in [5.41, 5.74) is 2.86. The zero-order valence-electron chi connectivity index (χ0n) is 9.84. The highest BCUT2D eigenvalue weighted by atomic mass is 16.5. The van der Waals surface area contributed by atoms with E-state index >= 15 is 0 Å². The Balaban J connectivity index is 1.90. The number of anilines is 1. The molecule has 2 aromatic rings. The molecule has 0 aliphatic carbocycles. The molecule has 6 nitrogen and oxygen atoms in total. The van der Waals surface area contributed by atoms with Gasteiger partial charge in [0, 0.05) is 17.3 Å². The second kappa shape index (κ2) is 4.24. The fraction of sp³-hybridized carbons (Fsp3) is 0.154. The Morgan fingerprint density at radius 1 is 1.42 bits per heavy atom.